The van der Waals surface area contributed by atoms with Gasteiger partial charge in [0.25, 0.3) is 0 Å². The maximum absolute atomic E-state index is 12.3. The summed E-state index contributed by atoms with van der Waals surface area (Å²) in [5.41, 5.74) is 1.00. The van der Waals surface area contributed by atoms with Crippen LogP contribution in [0.3, 0.4) is 0 Å². The Kier molecular flexibility index (Phi) is 6.78. The smallest absolute Gasteiger partial charge is 0.318 e. The number of rotatable bonds is 6. The van der Waals surface area contributed by atoms with Crippen LogP contribution in [0.2, 0.25) is 5.02 Å². The summed E-state index contributed by atoms with van der Waals surface area (Å²) in [4.78, 5) is 23.5. The quantitative estimate of drug-likeness (QED) is 0.585. The highest BCUT2D eigenvalue weighted by Gasteiger charge is 2.22. The number of anilines is 2. The van der Waals surface area contributed by atoms with Gasteiger partial charge in [0.05, 0.1) is 10.9 Å². The van der Waals surface area contributed by atoms with Gasteiger partial charge in [0.15, 0.2) is 0 Å². The summed E-state index contributed by atoms with van der Waals surface area (Å²) in [5, 5.41) is 8.02. The third-order valence-electron chi connectivity index (χ3n) is 3.49. The van der Waals surface area contributed by atoms with E-state index in [0.29, 0.717) is 16.4 Å². The highest BCUT2D eigenvalue weighted by molar-refractivity contribution is 7.89. The highest BCUT2D eigenvalue weighted by Crippen LogP contribution is 2.16. The molecule has 2 aromatic carbocycles. The van der Waals surface area contributed by atoms with E-state index in [1.165, 1.54) is 38.2 Å². The van der Waals surface area contributed by atoms with E-state index >= 15 is 0 Å². The second kappa shape index (κ2) is 8.85. The molecule has 3 amide bonds. The topological polar surface area (TPSA) is 116 Å². The van der Waals surface area contributed by atoms with E-state index in [1.807, 2.05) is 0 Å². The third kappa shape index (κ3) is 5.95. The van der Waals surface area contributed by atoms with E-state index in [4.69, 9.17) is 11.6 Å². The fraction of sp³-hybridized carbons (Fsp3) is 0.176. The molecule has 0 heterocycles. The normalized spacial score (nSPS) is 12.1. The van der Waals surface area contributed by atoms with Gasteiger partial charge in [0, 0.05) is 23.4 Å². The first-order chi connectivity index (χ1) is 12.7. The second-order valence-corrected chi connectivity index (χ2v) is 7.72. The molecule has 0 saturated heterocycles. The fourth-order valence-electron chi connectivity index (χ4n) is 2.05. The van der Waals surface area contributed by atoms with E-state index in [0.717, 1.165) is 0 Å². The molecule has 27 heavy (non-hydrogen) atoms. The molecule has 10 heteroatoms. The van der Waals surface area contributed by atoms with Crippen LogP contribution in [-0.4, -0.2) is 33.4 Å². The summed E-state index contributed by atoms with van der Waals surface area (Å²) in [6, 6.07) is 10.6. The summed E-state index contributed by atoms with van der Waals surface area (Å²) in [7, 11) is -2.36. The minimum absolute atomic E-state index is 0.0104. The van der Waals surface area contributed by atoms with Crippen molar-refractivity contribution >= 4 is 44.9 Å². The molecule has 1 atom stereocenters. The number of nitrogens with one attached hydrogen (secondary N) is 4. The average Bonchev–Trinajstić information content (AvgIpc) is 2.63. The lowest BCUT2D eigenvalue weighted by molar-refractivity contribution is -0.117. The highest BCUT2D eigenvalue weighted by atomic mass is 35.5. The van der Waals surface area contributed by atoms with E-state index < -0.39 is 22.0 Å². The first-order valence-corrected chi connectivity index (χ1v) is 9.75. The van der Waals surface area contributed by atoms with Gasteiger partial charge in [0.1, 0.15) is 0 Å². The van der Waals surface area contributed by atoms with E-state index in [9.17, 15) is 18.0 Å². The largest absolute Gasteiger partial charge is 0.341 e. The standard InChI is InChI=1S/C17H19ClN4O4S/c1-11(22-27(25,26)15-9-3-12(18)4-10-15)16(23)20-13-5-7-14(8-6-13)21-17(24)19-2/h3-11,22H,1-2H3,(H,20,23)(H2,19,21,24)/t11-/m0/s1. The van der Waals surface area contributed by atoms with Crippen molar-refractivity contribution in [2.45, 2.75) is 17.9 Å². The second-order valence-electron chi connectivity index (χ2n) is 5.57. The molecule has 0 spiro atoms. The number of hydrogen-bond acceptors (Lipinski definition) is 4. The molecule has 0 aromatic heterocycles. The van der Waals surface area contributed by atoms with Crippen LogP contribution < -0.4 is 20.7 Å². The van der Waals surface area contributed by atoms with Gasteiger partial charge < -0.3 is 16.0 Å². The van der Waals surface area contributed by atoms with Crippen LogP contribution in [0.1, 0.15) is 6.92 Å². The molecular weight excluding hydrogens is 392 g/mol. The van der Waals surface area contributed by atoms with Gasteiger partial charge in [-0.25, -0.2) is 13.2 Å². The molecule has 0 saturated carbocycles. The molecule has 8 nitrogen and oxygen atoms in total. The van der Waals surface area contributed by atoms with Gasteiger partial charge in [0.2, 0.25) is 15.9 Å². The van der Waals surface area contributed by atoms with Crippen LogP contribution in [0.15, 0.2) is 53.4 Å². The molecule has 0 fully saturated rings. The molecule has 144 valence electrons. The molecule has 0 bridgehead atoms. The molecule has 2 rings (SSSR count). The Hall–Kier alpha value is -2.62. The Balaban J connectivity index is 1.98. The first-order valence-electron chi connectivity index (χ1n) is 7.89. The van der Waals surface area contributed by atoms with Crippen LogP contribution in [0.5, 0.6) is 0 Å². The number of halogens is 1. The predicted molar refractivity (Wildman–Crippen MR) is 104 cm³/mol. The van der Waals surface area contributed by atoms with E-state index in [1.54, 1.807) is 24.3 Å². The molecule has 0 aliphatic heterocycles. The summed E-state index contributed by atoms with van der Waals surface area (Å²) in [6.45, 7) is 1.43. The number of carbonyl (C=O) groups is 2. The summed E-state index contributed by atoms with van der Waals surface area (Å²) in [5.74, 6) is -0.528. The lowest BCUT2D eigenvalue weighted by atomic mass is 10.2. The number of sulfonamides is 1. The molecule has 0 aliphatic rings. The predicted octanol–water partition coefficient (Wildman–Crippen LogP) is 2.40. The van der Waals surface area contributed by atoms with E-state index in [-0.39, 0.29) is 10.9 Å². The Labute approximate surface area is 162 Å². The molecule has 2 aromatic rings. The molecule has 0 unspecified atom stereocenters. The average molecular weight is 411 g/mol. The first kappa shape index (κ1) is 20.7. The van der Waals surface area contributed by atoms with E-state index in [2.05, 4.69) is 20.7 Å². The minimum Gasteiger partial charge on any atom is -0.341 e. The molecule has 4 N–H and O–H groups in total. The van der Waals surface area contributed by atoms with Crippen molar-refractivity contribution in [3.05, 3.63) is 53.6 Å². The van der Waals surface area contributed by atoms with Gasteiger partial charge >= 0.3 is 6.03 Å². The Bertz CT molecular complexity index is 915. The monoisotopic (exact) mass is 410 g/mol. The van der Waals surface area contributed by atoms with Gasteiger partial charge in [-0.3, -0.25) is 4.79 Å². The summed E-state index contributed by atoms with van der Waals surface area (Å²) in [6.07, 6.45) is 0. The number of carbonyl (C=O) groups excluding carboxylic acids is 2. The van der Waals surface area contributed by atoms with Crippen molar-refractivity contribution in [1.82, 2.24) is 10.0 Å². The van der Waals surface area contributed by atoms with Crippen LogP contribution in [0.25, 0.3) is 0 Å². The van der Waals surface area contributed by atoms with Gasteiger partial charge in [-0.15, -0.1) is 0 Å². The maximum atomic E-state index is 12.3. The lowest BCUT2D eigenvalue weighted by Crippen LogP contribution is -2.41. The lowest BCUT2D eigenvalue weighted by Gasteiger charge is -2.15. The summed E-state index contributed by atoms with van der Waals surface area (Å²) >= 11 is 5.75. The molecular formula is C17H19ClN4O4S. The van der Waals surface area contributed by atoms with Crippen LogP contribution in [0.4, 0.5) is 16.2 Å². The zero-order chi connectivity index (χ0) is 20.0. The number of urea groups is 1. The minimum atomic E-state index is -3.86. The third-order valence-corrected chi connectivity index (χ3v) is 5.30. The number of amides is 3. The van der Waals surface area contributed by atoms with Crippen molar-refractivity contribution in [3.8, 4) is 0 Å². The van der Waals surface area contributed by atoms with Crippen molar-refractivity contribution in [2.24, 2.45) is 0 Å². The number of hydrogen-bond donors (Lipinski definition) is 4. The van der Waals surface area contributed by atoms with Crippen LogP contribution in [-0.2, 0) is 14.8 Å². The summed E-state index contributed by atoms with van der Waals surface area (Å²) < 4.78 is 26.9. The Morgan fingerprint density at radius 2 is 1.44 bits per heavy atom. The Morgan fingerprint density at radius 1 is 0.926 bits per heavy atom. The van der Waals surface area contributed by atoms with Crippen molar-refractivity contribution in [3.63, 3.8) is 0 Å². The Morgan fingerprint density at radius 3 is 1.96 bits per heavy atom. The zero-order valence-electron chi connectivity index (χ0n) is 14.6. The number of benzene rings is 2. The van der Waals surface area contributed by atoms with Crippen LogP contribution in [0, 0.1) is 0 Å². The fourth-order valence-corrected chi connectivity index (χ4v) is 3.38. The zero-order valence-corrected chi connectivity index (χ0v) is 16.2. The molecule has 0 radical (unpaired) electrons. The van der Waals surface area contributed by atoms with Gasteiger partial charge in [-0.05, 0) is 55.5 Å². The molecule has 0 aliphatic carbocycles. The van der Waals surface area contributed by atoms with Crippen molar-refractivity contribution in [1.29, 1.82) is 0 Å². The SMILES string of the molecule is CNC(=O)Nc1ccc(NC(=O)[C@H](C)NS(=O)(=O)c2ccc(Cl)cc2)cc1. The van der Waals surface area contributed by atoms with Crippen molar-refractivity contribution < 1.29 is 18.0 Å². The van der Waals surface area contributed by atoms with Crippen molar-refractivity contribution in [2.75, 3.05) is 17.7 Å². The van der Waals surface area contributed by atoms with Crippen LogP contribution >= 0.6 is 11.6 Å². The maximum Gasteiger partial charge on any atom is 0.318 e. The van der Waals surface area contributed by atoms with Gasteiger partial charge in [-0.1, -0.05) is 11.6 Å². The van der Waals surface area contributed by atoms with Gasteiger partial charge in [-0.2, -0.15) is 4.72 Å².